The molecule has 45 heavy (non-hydrogen) atoms. The van der Waals surface area contributed by atoms with Crippen molar-refractivity contribution < 1.29 is 5.11 Å². The van der Waals surface area contributed by atoms with E-state index in [1.807, 2.05) is 61.5 Å². The molecule has 2 aliphatic rings. The number of benzene rings is 4. The quantitative estimate of drug-likeness (QED) is 0.164. The van der Waals surface area contributed by atoms with E-state index in [0.717, 1.165) is 68.4 Å². The Hall–Kier alpha value is -4.23. The van der Waals surface area contributed by atoms with Crippen LogP contribution in [-0.4, -0.2) is 29.6 Å². The van der Waals surface area contributed by atoms with Crippen molar-refractivity contribution in [1.82, 2.24) is 4.90 Å². The predicted octanol–water partition coefficient (Wildman–Crippen LogP) is 9.58. The van der Waals surface area contributed by atoms with Gasteiger partial charge < -0.3 is 10.0 Å². The molecule has 228 valence electrons. The minimum absolute atomic E-state index is 0.562. The molecule has 3 nitrogen and oxygen atoms in total. The van der Waals surface area contributed by atoms with Gasteiger partial charge in [0.15, 0.2) is 0 Å². The smallest absolute Gasteiger partial charge is 0.104 e. The van der Waals surface area contributed by atoms with E-state index in [0.29, 0.717) is 0 Å². The fraction of sp³-hybridized carbons (Fsp3) is 0.310. The third-order valence-corrected chi connectivity index (χ3v) is 9.82. The van der Waals surface area contributed by atoms with E-state index < -0.39 is 11.5 Å². The minimum Gasteiger partial charge on any atom is -0.384 e. The Labute approximate surface area is 269 Å². The molecule has 0 bridgehead atoms. The molecular weight excluding hydrogens is 548 g/mol. The van der Waals surface area contributed by atoms with Crippen LogP contribution in [0.4, 0.5) is 0 Å². The van der Waals surface area contributed by atoms with Gasteiger partial charge in [0.1, 0.15) is 6.10 Å². The van der Waals surface area contributed by atoms with Crippen LogP contribution in [0.25, 0.3) is 17.7 Å². The normalized spacial score (nSPS) is 16.6. The van der Waals surface area contributed by atoms with E-state index in [1.165, 1.54) is 40.7 Å². The molecule has 1 saturated heterocycles. The highest BCUT2D eigenvalue weighted by molar-refractivity contribution is 5.94. The van der Waals surface area contributed by atoms with Gasteiger partial charge in [0.2, 0.25) is 0 Å². The van der Waals surface area contributed by atoms with E-state index in [9.17, 15) is 10.4 Å². The van der Waals surface area contributed by atoms with Crippen molar-refractivity contribution in [2.24, 2.45) is 0 Å². The van der Waals surface area contributed by atoms with Crippen LogP contribution >= 0.6 is 0 Å². The number of hydrogen-bond acceptors (Lipinski definition) is 3. The van der Waals surface area contributed by atoms with Gasteiger partial charge in [-0.2, -0.15) is 5.26 Å². The lowest BCUT2D eigenvalue weighted by atomic mass is 9.78. The van der Waals surface area contributed by atoms with Gasteiger partial charge >= 0.3 is 0 Å². The first kappa shape index (κ1) is 30.8. The second kappa shape index (κ2) is 14.2. The Morgan fingerprint density at radius 1 is 0.733 bits per heavy atom. The molecule has 1 N–H and O–H groups in total. The van der Waals surface area contributed by atoms with Crippen molar-refractivity contribution in [2.45, 2.75) is 63.4 Å². The SMILES string of the molecule is CC(C#N)(CCCCCCN1CCC(=C2c3ccccc3C=Cc3ccccc32)CC1)c1cccc(C(O)c2ccccc2)c1. The summed E-state index contributed by atoms with van der Waals surface area (Å²) in [5, 5.41) is 21.1. The van der Waals surface area contributed by atoms with Crippen molar-refractivity contribution in [3.63, 3.8) is 0 Å². The molecule has 6 rings (SSSR count). The molecule has 0 aromatic heterocycles. The van der Waals surface area contributed by atoms with Crippen LogP contribution in [0.5, 0.6) is 0 Å². The van der Waals surface area contributed by atoms with E-state index in [-0.39, 0.29) is 0 Å². The zero-order chi connectivity index (χ0) is 31.1. The van der Waals surface area contributed by atoms with Crippen molar-refractivity contribution in [1.29, 1.82) is 5.26 Å². The number of rotatable bonds is 10. The summed E-state index contributed by atoms with van der Waals surface area (Å²) in [6.45, 7) is 5.43. The number of hydrogen-bond donors (Lipinski definition) is 1. The summed E-state index contributed by atoms with van der Waals surface area (Å²) < 4.78 is 0. The molecule has 2 atom stereocenters. The zero-order valence-corrected chi connectivity index (χ0v) is 26.5. The van der Waals surface area contributed by atoms with E-state index >= 15 is 0 Å². The average Bonchev–Trinajstić information content (AvgIpc) is 3.27. The van der Waals surface area contributed by atoms with Crippen molar-refractivity contribution in [3.05, 3.63) is 148 Å². The van der Waals surface area contributed by atoms with Gasteiger partial charge in [-0.15, -0.1) is 0 Å². The van der Waals surface area contributed by atoms with Gasteiger partial charge in [-0.25, -0.2) is 0 Å². The Bertz CT molecular complexity index is 1650. The first-order valence-corrected chi connectivity index (χ1v) is 16.6. The summed E-state index contributed by atoms with van der Waals surface area (Å²) in [5.41, 5.74) is 10.5. The first-order valence-electron chi connectivity index (χ1n) is 16.6. The average molecular weight is 593 g/mol. The monoisotopic (exact) mass is 592 g/mol. The van der Waals surface area contributed by atoms with Crippen LogP contribution in [-0.2, 0) is 5.41 Å². The maximum Gasteiger partial charge on any atom is 0.104 e. The highest BCUT2D eigenvalue weighted by atomic mass is 16.3. The molecule has 1 aliphatic carbocycles. The third kappa shape index (κ3) is 7.04. The third-order valence-electron chi connectivity index (χ3n) is 9.82. The lowest BCUT2D eigenvalue weighted by Gasteiger charge is -2.30. The van der Waals surface area contributed by atoms with Crippen molar-refractivity contribution in [3.8, 4) is 6.07 Å². The van der Waals surface area contributed by atoms with Crippen LogP contribution in [0.1, 0.15) is 96.9 Å². The molecule has 1 fully saturated rings. The number of nitrogens with zero attached hydrogens (tertiary/aromatic N) is 2. The Balaban J connectivity index is 0.997. The molecule has 0 radical (unpaired) electrons. The second-order valence-corrected chi connectivity index (χ2v) is 12.9. The summed E-state index contributed by atoms with van der Waals surface area (Å²) in [5.74, 6) is 0. The van der Waals surface area contributed by atoms with Gasteiger partial charge in [-0.05, 0) is 83.7 Å². The molecule has 2 unspecified atom stereocenters. The highest BCUT2D eigenvalue weighted by Gasteiger charge is 2.27. The van der Waals surface area contributed by atoms with Gasteiger partial charge in [-0.3, -0.25) is 0 Å². The number of aliphatic hydroxyl groups excluding tert-OH is 1. The maximum absolute atomic E-state index is 10.9. The molecule has 0 amide bonds. The van der Waals surface area contributed by atoms with Crippen LogP contribution in [0, 0.1) is 11.3 Å². The fourth-order valence-electron chi connectivity index (χ4n) is 7.05. The lowest BCUT2D eigenvalue weighted by Crippen LogP contribution is -2.32. The fourth-order valence-corrected chi connectivity index (χ4v) is 7.05. The summed E-state index contributed by atoms with van der Waals surface area (Å²) in [6, 6.07) is 37.9. The maximum atomic E-state index is 10.9. The van der Waals surface area contributed by atoms with Crippen LogP contribution in [0.3, 0.4) is 0 Å². The summed E-state index contributed by atoms with van der Waals surface area (Å²) in [7, 11) is 0. The van der Waals surface area contributed by atoms with Crippen LogP contribution < -0.4 is 0 Å². The number of nitriles is 1. The molecule has 4 aromatic carbocycles. The predicted molar refractivity (Wildman–Crippen MR) is 187 cm³/mol. The molecular formula is C42H44N2O. The zero-order valence-electron chi connectivity index (χ0n) is 26.5. The number of fused-ring (bicyclic) bond motifs is 2. The van der Waals surface area contributed by atoms with E-state index in [4.69, 9.17) is 0 Å². The lowest BCUT2D eigenvalue weighted by molar-refractivity contribution is 0.220. The van der Waals surface area contributed by atoms with Gasteiger partial charge in [0.05, 0.1) is 11.5 Å². The summed E-state index contributed by atoms with van der Waals surface area (Å²) in [6.07, 6.45) is 11.5. The Kier molecular flexibility index (Phi) is 9.75. The number of unbranched alkanes of at least 4 members (excludes halogenated alkanes) is 3. The number of piperidine rings is 1. The molecule has 0 spiro atoms. The number of aliphatic hydroxyl groups is 1. The standard InChI is InChI=1S/C42H44N2O/c1-42(31-43,37-19-13-18-36(30-37)41(45)35-16-5-4-6-17-35)26-11-2-3-12-27-44-28-24-34(25-29-44)40-38-20-9-7-14-32(38)22-23-33-15-8-10-21-39(33)40/h4-10,13-23,30,41,45H,2-3,11-12,24-29H2,1H3. The second-order valence-electron chi connectivity index (χ2n) is 12.9. The topological polar surface area (TPSA) is 47.3 Å². The van der Waals surface area contributed by atoms with Crippen LogP contribution in [0.15, 0.2) is 109 Å². The highest BCUT2D eigenvalue weighted by Crippen LogP contribution is 2.39. The Morgan fingerprint density at radius 2 is 1.33 bits per heavy atom. The Morgan fingerprint density at radius 3 is 2.00 bits per heavy atom. The van der Waals surface area contributed by atoms with Gasteiger partial charge in [-0.1, -0.05) is 140 Å². The molecule has 3 heteroatoms. The first-order chi connectivity index (χ1) is 22.1. The summed E-state index contributed by atoms with van der Waals surface area (Å²) >= 11 is 0. The molecule has 0 saturated carbocycles. The molecule has 1 aliphatic heterocycles. The van der Waals surface area contributed by atoms with Gasteiger partial charge in [0, 0.05) is 13.1 Å². The minimum atomic E-state index is -0.688. The largest absolute Gasteiger partial charge is 0.384 e. The van der Waals surface area contributed by atoms with Crippen molar-refractivity contribution in [2.75, 3.05) is 19.6 Å². The molecule has 4 aromatic rings. The van der Waals surface area contributed by atoms with Crippen molar-refractivity contribution >= 4 is 17.7 Å². The summed E-state index contributed by atoms with van der Waals surface area (Å²) in [4.78, 5) is 2.64. The van der Waals surface area contributed by atoms with E-state index in [1.54, 1.807) is 5.57 Å². The molecule has 1 heterocycles. The number of likely N-dealkylation sites (tertiary alicyclic amines) is 1. The van der Waals surface area contributed by atoms with Crippen LogP contribution in [0.2, 0.25) is 0 Å². The van der Waals surface area contributed by atoms with E-state index in [2.05, 4.69) is 71.7 Å². The van der Waals surface area contributed by atoms with Gasteiger partial charge in [0.25, 0.3) is 0 Å².